The van der Waals surface area contributed by atoms with Crippen LogP contribution in [0.4, 0.5) is 0 Å². The third-order valence-electron chi connectivity index (χ3n) is 1.98. The molecule has 0 rings (SSSR count). The normalized spacial score (nSPS) is 19.3. The van der Waals surface area contributed by atoms with Gasteiger partial charge in [0.15, 0.2) is 5.28 Å². The molecule has 17 heavy (non-hydrogen) atoms. The van der Waals surface area contributed by atoms with Crippen molar-refractivity contribution in [3.8, 4) is 0 Å². The number of carboxylic acid groups (broad SMARTS) is 1. The Hall–Kier alpha value is -0.550. The Balaban J connectivity index is 5.32. The first kappa shape index (κ1) is 16.4. The highest BCUT2D eigenvalue weighted by Crippen LogP contribution is 2.47. The summed E-state index contributed by atoms with van der Waals surface area (Å²) in [4.78, 5) is 10.9. The van der Waals surface area contributed by atoms with E-state index in [4.69, 9.17) is 26.6 Å². The van der Waals surface area contributed by atoms with Crippen LogP contribution < -0.4 is 21.5 Å². The second-order valence-corrected chi connectivity index (χ2v) is 7.14. The highest BCUT2D eigenvalue weighted by Gasteiger charge is 2.50. The molecular formula is C5H15N4O6PS. The van der Waals surface area contributed by atoms with Gasteiger partial charge in [-0.3, -0.25) is 14.6 Å². The number of nitrogens with two attached hydrogens (primary N) is 3. The molecule has 0 saturated carbocycles. The Morgan fingerprint density at radius 2 is 1.94 bits per heavy atom. The van der Waals surface area contributed by atoms with Crippen molar-refractivity contribution < 1.29 is 27.4 Å². The number of hydrogen-bond acceptors (Lipinski definition) is 6. The minimum absolute atomic E-state index is 0.0537. The molecular weight excluding hydrogens is 275 g/mol. The smallest absolute Gasteiger partial charge is 0.340 e. The van der Waals surface area contributed by atoms with Crippen LogP contribution in [0.2, 0.25) is 0 Å². The van der Waals surface area contributed by atoms with Gasteiger partial charge >= 0.3 is 16.3 Å². The molecule has 0 bridgehead atoms. The third-order valence-corrected chi connectivity index (χ3v) is 5.58. The van der Waals surface area contributed by atoms with Crippen molar-refractivity contribution in [3.63, 3.8) is 0 Å². The molecule has 2 unspecified atom stereocenters. The first-order chi connectivity index (χ1) is 7.46. The van der Waals surface area contributed by atoms with E-state index in [1.165, 1.54) is 0 Å². The number of hydrogen-bond donors (Lipinski definition) is 6. The topological polar surface area (TPSA) is 199 Å². The maximum atomic E-state index is 11.8. The van der Waals surface area contributed by atoms with Crippen molar-refractivity contribution >= 4 is 23.7 Å². The lowest BCUT2D eigenvalue weighted by Crippen LogP contribution is -2.53. The van der Waals surface area contributed by atoms with E-state index in [0.29, 0.717) is 0 Å². The molecule has 0 aromatic heterocycles. The van der Waals surface area contributed by atoms with Crippen molar-refractivity contribution in [2.45, 2.75) is 18.1 Å². The van der Waals surface area contributed by atoms with Crippen LogP contribution in [0.5, 0.6) is 0 Å². The van der Waals surface area contributed by atoms with Gasteiger partial charge in [0.25, 0.3) is 7.44 Å². The van der Waals surface area contributed by atoms with Gasteiger partial charge in [0.1, 0.15) is 0 Å². The summed E-state index contributed by atoms with van der Waals surface area (Å²) in [6.45, 7) is 0.0537. The highest BCUT2D eigenvalue weighted by molar-refractivity contribution is 7.91. The van der Waals surface area contributed by atoms with Gasteiger partial charge in [-0.15, -0.1) is 4.49 Å². The van der Waals surface area contributed by atoms with E-state index >= 15 is 0 Å². The quantitative estimate of drug-likeness (QED) is 0.227. The Kier molecular flexibility index (Phi) is 5.22. The fourth-order valence-electron chi connectivity index (χ4n) is 1.04. The molecule has 12 heteroatoms. The summed E-state index contributed by atoms with van der Waals surface area (Å²) < 4.78 is 42.4. The number of carbonyl (C=O) groups is 1. The summed E-state index contributed by atoms with van der Waals surface area (Å²) >= 11 is 0. The van der Waals surface area contributed by atoms with Crippen LogP contribution in [0.1, 0.15) is 12.8 Å². The largest absolute Gasteiger partial charge is 0.479 e. The van der Waals surface area contributed by atoms with Crippen molar-refractivity contribution in [2.75, 3.05) is 6.54 Å². The van der Waals surface area contributed by atoms with E-state index < -0.39 is 35.4 Å². The fourth-order valence-corrected chi connectivity index (χ4v) is 3.84. The van der Waals surface area contributed by atoms with E-state index in [9.17, 15) is 17.8 Å². The van der Waals surface area contributed by atoms with Gasteiger partial charge in [-0.1, -0.05) is 0 Å². The van der Waals surface area contributed by atoms with E-state index in [-0.39, 0.29) is 13.0 Å². The van der Waals surface area contributed by atoms with Gasteiger partial charge in [-0.25, -0.2) is 4.79 Å². The maximum Gasteiger partial charge on any atom is 0.340 e. The predicted octanol–water partition coefficient (Wildman–Crippen LogP) is -1.99. The monoisotopic (exact) mass is 290 g/mol. The lowest BCUT2D eigenvalue weighted by molar-refractivity contribution is -0.140. The maximum absolute atomic E-state index is 11.8. The number of carboxylic acids is 1. The molecule has 0 fully saturated rings. The van der Waals surface area contributed by atoms with Crippen LogP contribution in [0.25, 0.3) is 0 Å². The zero-order chi connectivity index (χ0) is 13.9. The second kappa shape index (κ2) is 5.40. The Labute approximate surface area is 97.9 Å². The molecule has 0 aromatic carbocycles. The molecule has 0 aliphatic heterocycles. The van der Waals surface area contributed by atoms with Crippen molar-refractivity contribution in [1.82, 2.24) is 4.49 Å². The van der Waals surface area contributed by atoms with Gasteiger partial charge < -0.3 is 16.6 Å². The van der Waals surface area contributed by atoms with E-state index in [1.807, 2.05) is 0 Å². The molecule has 0 aliphatic carbocycles. The first-order valence-electron chi connectivity index (χ1n) is 4.34. The van der Waals surface area contributed by atoms with Gasteiger partial charge in [0.05, 0.1) is 0 Å². The zero-order valence-corrected chi connectivity index (χ0v) is 10.4. The average molecular weight is 290 g/mol. The van der Waals surface area contributed by atoms with Crippen LogP contribution >= 0.6 is 7.44 Å². The lowest BCUT2D eigenvalue weighted by Gasteiger charge is -2.29. The zero-order valence-electron chi connectivity index (χ0n) is 8.74. The van der Waals surface area contributed by atoms with Crippen LogP contribution in [0, 0.1) is 0 Å². The van der Waals surface area contributed by atoms with Crippen LogP contribution in [0.15, 0.2) is 0 Å². The molecule has 0 radical (unpaired) electrons. The summed E-state index contributed by atoms with van der Waals surface area (Å²) in [7, 11) is -9.52. The summed E-state index contributed by atoms with van der Waals surface area (Å²) in [5.41, 5.74) is 15.6. The molecule has 0 amide bonds. The van der Waals surface area contributed by atoms with Crippen molar-refractivity contribution in [1.29, 1.82) is 0 Å². The predicted molar refractivity (Wildman–Crippen MR) is 59.3 cm³/mol. The minimum atomic E-state index is -4.94. The fraction of sp³-hybridized carbons (Fsp3) is 0.800. The molecule has 9 N–H and O–H groups in total. The molecule has 0 spiro atoms. The Bertz CT molecular complexity index is 438. The molecule has 0 saturated heterocycles. The minimum Gasteiger partial charge on any atom is -0.479 e. The Morgan fingerprint density at radius 3 is 2.24 bits per heavy atom. The number of aliphatic carboxylic acids is 1. The van der Waals surface area contributed by atoms with E-state index in [0.717, 1.165) is 4.49 Å². The lowest BCUT2D eigenvalue weighted by atomic mass is 10.1. The molecule has 102 valence electrons. The van der Waals surface area contributed by atoms with Crippen molar-refractivity contribution in [3.05, 3.63) is 0 Å². The standard InChI is InChI=1S/C5H15N4O6PS/c6-3-1-2-5(7,4(10)11)16(8,12)9-17(13,14)15/h1-3,6-7H2,(H,10,11)(H3,8,9,12)(H,13,14,15). The SMILES string of the molecule is NCCCC(N)(C(=O)O)P(N)(=O)NS(=O)(=O)O. The second-order valence-electron chi connectivity index (χ2n) is 3.35. The molecule has 10 nitrogen and oxygen atoms in total. The molecule has 0 heterocycles. The van der Waals surface area contributed by atoms with Crippen molar-refractivity contribution in [2.24, 2.45) is 17.0 Å². The average Bonchev–Trinajstić information content (AvgIpc) is 2.09. The summed E-state index contributed by atoms with van der Waals surface area (Å²) in [6.07, 6.45) is -0.341. The molecule has 0 aromatic rings. The van der Waals surface area contributed by atoms with Gasteiger partial charge in [-0.2, -0.15) is 8.42 Å². The van der Waals surface area contributed by atoms with Crippen LogP contribution in [-0.2, 0) is 19.7 Å². The van der Waals surface area contributed by atoms with Crippen LogP contribution in [0.3, 0.4) is 0 Å². The Morgan fingerprint density at radius 1 is 1.47 bits per heavy atom. The highest BCUT2D eigenvalue weighted by atomic mass is 32.2. The summed E-state index contributed by atoms with van der Waals surface area (Å²) in [5, 5.41) is 6.33. The third kappa shape index (κ3) is 4.32. The molecule has 0 aliphatic rings. The van der Waals surface area contributed by atoms with E-state index in [2.05, 4.69) is 0 Å². The van der Waals surface area contributed by atoms with Crippen LogP contribution in [-0.4, -0.2) is 35.9 Å². The van der Waals surface area contributed by atoms with Gasteiger partial charge in [-0.05, 0) is 19.4 Å². The van der Waals surface area contributed by atoms with Gasteiger partial charge in [0, 0.05) is 0 Å². The van der Waals surface area contributed by atoms with Gasteiger partial charge in [0.2, 0.25) is 0 Å². The summed E-state index contributed by atoms with van der Waals surface area (Å²) in [6, 6.07) is 0. The molecule has 2 atom stereocenters. The number of rotatable bonds is 7. The first-order valence-corrected chi connectivity index (χ1v) is 7.55. The van der Waals surface area contributed by atoms with E-state index in [1.54, 1.807) is 0 Å². The number of nitrogens with one attached hydrogen (secondary N) is 1. The summed E-state index contributed by atoms with van der Waals surface area (Å²) in [5.74, 6) is -1.76.